The summed E-state index contributed by atoms with van der Waals surface area (Å²) >= 11 is 1.36. The summed E-state index contributed by atoms with van der Waals surface area (Å²) in [6.45, 7) is 3.82. The Morgan fingerprint density at radius 2 is 2.37 bits per heavy atom. The molecule has 104 valence electrons. The molecule has 0 radical (unpaired) electrons. The van der Waals surface area contributed by atoms with E-state index in [4.69, 9.17) is 14.7 Å². The Labute approximate surface area is 116 Å². The standard InChI is InChI=1S/C12H17N3O3S/c1-3-18-11(16)10-9-19-12(14-10)15(6-4-5-13)7-8-17-2/h9H,3-4,6-8H2,1-2H3. The van der Waals surface area contributed by atoms with Crippen molar-refractivity contribution in [1.29, 1.82) is 5.26 Å². The Hall–Kier alpha value is -1.65. The van der Waals surface area contributed by atoms with Crippen LogP contribution in [-0.4, -0.2) is 44.4 Å². The van der Waals surface area contributed by atoms with Crippen molar-refractivity contribution in [2.45, 2.75) is 13.3 Å². The van der Waals surface area contributed by atoms with Crippen LogP contribution in [0.25, 0.3) is 0 Å². The van der Waals surface area contributed by atoms with Crippen molar-refractivity contribution in [3.05, 3.63) is 11.1 Å². The van der Waals surface area contributed by atoms with E-state index >= 15 is 0 Å². The number of hydrogen-bond acceptors (Lipinski definition) is 7. The van der Waals surface area contributed by atoms with Crippen LogP contribution in [0.5, 0.6) is 0 Å². The number of ether oxygens (including phenoxy) is 2. The number of rotatable bonds is 8. The molecule has 0 saturated carbocycles. The van der Waals surface area contributed by atoms with Gasteiger partial charge in [-0.25, -0.2) is 9.78 Å². The molecule has 0 atom stereocenters. The zero-order chi connectivity index (χ0) is 14.1. The molecule has 0 saturated heterocycles. The summed E-state index contributed by atoms with van der Waals surface area (Å²) in [7, 11) is 1.62. The van der Waals surface area contributed by atoms with Gasteiger partial charge in [0, 0.05) is 25.6 Å². The fourth-order valence-corrected chi connectivity index (χ4v) is 2.25. The summed E-state index contributed by atoms with van der Waals surface area (Å²) < 4.78 is 9.92. The van der Waals surface area contributed by atoms with E-state index in [2.05, 4.69) is 11.1 Å². The van der Waals surface area contributed by atoms with Crippen molar-refractivity contribution < 1.29 is 14.3 Å². The van der Waals surface area contributed by atoms with Gasteiger partial charge in [-0.3, -0.25) is 0 Å². The van der Waals surface area contributed by atoms with E-state index in [1.165, 1.54) is 11.3 Å². The van der Waals surface area contributed by atoms with Crippen molar-refractivity contribution in [2.75, 3.05) is 38.3 Å². The zero-order valence-electron chi connectivity index (χ0n) is 11.1. The van der Waals surface area contributed by atoms with E-state index in [1.54, 1.807) is 19.4 Å². The van der Waals surface area contributed by atoms with E-state index in [-0.39, 0.29) is 0 Å². The minimum absolute atomic E-state index is 0.307. The number of nitrogens with zero attached hydrogens (tertiary/aromatic N) is 3. The highest BCUT2D eigenvalue weighted by Crippen LogP contribution is 2.21. The molecule has 0 spiro atoms. The molecule has 1 aromatic heterocycles. The molecule has 1 aromatic rings. The molecule has 0 aromatic carbocycles. The number of thiazole rings is 1. The lowest BCUT2D eigenvalue weighted by molar-refractivity contribution is 0.0520. The summed E-state index contributed by atoms with van der Waals surface area (Å²) in [5.41, 5.74) is 0.307. The number of anilines is 1. The molecule has 6 nitrogen and oxygen atoms in total. The van der Waals surface area contributed by atoms with Gasteiger partial charge < -0.3 is 14.4 Å². The largest absolute Gasteiger partial charge is 0.461 e. The average Bonchev–Trinajstić information content (AvgIpc) is 2.89. The van der Waals surface area contributed by atoms with Crippen LogP contribution in [0.1, 0.15) is 23.8 Å². The van der Waals surface area contributed by atoms with E-state index in [0.29, 0.717) is 43.5 Å². The molecular formula is C12H17N3O3S. The maximum atomic E-state index is 11.5. The first-order valence-electron chi connectivity index (χ1n) is 5.96. The number of esters is 1. The molecule has 1 heterocycles. The van der Waals surface area contributed by atoms with Crippen molar-refractivity contribution in [3.63, 3.8) is 0 Å². The quantitative estimate of drug-likeness (QED) is 0.676. The van der Waals surface area contributed by atoms with E-state index in [0.717, 1.165) is 0 Å². The fraction of sp³-hybridized carbons (Fsp3) is 0.583. The first-order valence-corrected chi connectivity index (χ1v) is 6.84. The number of carbonyl (C=O) groups excluding carboxylic acids is 1. The smallest absolute Gasteiger partial charge is 0.357 e. The molecule has 7 heteroatoms. The van der Waals surface area contributed by atoms with Crippen molar-refractivity contribution in [3.8, 4) is 6.07 Å². The van der Waals surface area contributed by atoms with E-state index < -0.39 is 5.97 Å². The van der Waals surface area contributed by atoms with Crippen LogP contribution in [0.2, 0.25) is 0 Å². The molecule has 1 rings (SSSR count). The van der Waals surface area contributed by atoms with Crippen LogP contribution in [-0.2, 0) is 9.47 Å². The van der Waals surface area contributed by atoms with E-state index in [1.807, 2.05) is 4.90 Å². The molecular weight excluding hydrogens is 266 g/mol. The van der Waals surface area contributed by atoms with E-state index in [9.17, 15) is 4.79 Å². The monoisotopic (exact) mass is 283 g/mol. The van der Waals surface area contributed by atoms with Crippen LogP contribution in [0.3, 0.4) is 0 Å². The molecule has 0 N–H and O–H groups in total. The number of carbonyl (C=O) groups is 1. The van der Waals surface area contributed by atoms with Crippen LogP contribution in [0, 0.1) is 11.3 Å². The highest BCUT2D eigenvalue weighted by Gasteiger charge is 2.15. The summed E-state index contributed by atoms with van der Waals surface area (Å²) in [5.74, 6) is -0.419. The van der Waals surface area contributed by atoms with Crippen molar-refractivity contribution >= 4 is 22.4 Å². The highest BCUT2D eigenvalue weighted by atomic mass is 32.1. The third kappa shape index (κ3) is 4.85. The SMILES string of the molecule is CCOC(=O)c1csc(N(CCC#N)CCOC)n1. The molecule has 0 fully saturated rings. The van der Waals surface area contributed by atoms with Crippen molar-refractivity contribution in [2.24, 2.45) is 0 Å². The van der Waals surface area contributed by atoms with Gasteiger partial charge in [0.15, 0.2) is 10.8 Å². The van der Waals surface area contributed by atoms with Gasteiger partial charge in [-0.05, 0) is 6.92 Å². The molecule has 0 bridgehead atoms. The van der Waals surface area contributed by atoms with Gasteiger partial charge in [0.2, 0.25) is 0 Å². The second-order valence-corrected chi connectivity index (χ2v) is 4.46. The molecule has 19 heavy (non-hydrogen) atoms. The van der Waals surface area contributed by atoms with Gasteiger partial charge in [-0.2, -0.15) is 5.26 Å². The van der Waals surface area contributed by atoms with Crippen molar-refractivity contribution in [1.82, 2.24) is 4.98 Å². The van der Waals surface area contributed by atoms with Crippen LogP contribution < -0.4 is 4.90 Å². The fourth-order valence-electron chi connectivity index (χ4n) is 1.40. The lowest BCUT2D eigenvalue weighted by Gasteiger charge is -2.19. The third-order valence-electron chi connectivity index (χ3n) is 2.31. The molecule has 0 aliphatic rings. The number of aromatic nitrogens is 1. The maximum Gasteiger partial charge on any atom is 0.357 e. The van der Waals surface area contributed by atoms with Gasteiger partial charge >= 0.3 is 5.97 Å². The molecule has 0 amide bonds. The molecule has 0 aliphatic heterocycles. The Balaban J connectivity index is 2.73. The Bertz CT molecular complexity index is 442. The maximum absolute atomic E-state index is 11.5. The normalized spacial score (nSPS) is 9.95. The van der Waals surface area contributed by atoms with Gasteiger partial charge in [0.25, 0.3) is 0 Å². The first-order chi connectivity index (χ1) is 9.22. The predicted octanol–water partition coefficient (Wildman–Crippen LogP) is 1.69. The first kappa shape index (κ1) is 15.4. The van der Waals surface area contributed by atoms with Gasteiger partial charge in [-0.15, -0.1) is 11.3 Å². The highest BCUT2D eigenvalue weighted by molar-refractivity contribution is 7.13. The summed E-state index contributed by atoms with van der Waals surface area (Å²) in [5, 5.41) is 11.0. The topological polar surface area (TPSA) is 75.5 Å². The lowest BCUT2D eigenvalue weighted by atomic mass is 10.4. The Morgan fingerprint density at radius 3 is 3.00 bits per heavy atom. The summed E-state index contributed by atoms with van der Waals surface area (Å²) in [4.78, 5) is 17.7. The summed E-state index contributed by atoms with van der Waals surface area (Å²) in [6, 6.07) is 2.10. The second kappa shape index (κ2) is 8.45. The summed E-state index contributed by atoms with van der Waals surface area (Å²) in [6.07, 6.45) is 0.401. The lowest BCUT2D eigenvalue weighted by Crippen LogP contribution is -2.28. The van der Waals surface area contributed by atoms with Gasteiger partial charge in [0.05, 0.1) is 25.7 Å². The Kier molecular flexibility index (Phi) is 6.85. The minimum Gasteiger partial charge on any atom is -0.461 e. The number of hydrogen-bond donors (Lipinski definition) is 0. The zero-order valence-corrected chi connectivity index (χ0v) is 11.9. The minimum atomic E-state index is -0.419. The molecule has 0 unspecified atom stereocenters. The van der Waals surface area contributed by atoms with Gasteiger partial charge in [0.1, 0.15) is 0 Å². The second-order valence-electron chi connectivity index (χ2n) is 3.62. The number of nitriles is 1. The Morgan fingerprint density at radius 1 is 1.58 bits per heavy atom. The number of methoxy groups -OCH3 is 1. The third-order valence-corrected chi connectivity index (χ3v) is 3.21. The van der Waals surface area contributed by atoms with Crippen LogP contribution in [0.4, 0.5) is 5.13 Å². The predicted molar refractivity (Wildman–Crippen MR) is 72.4 cm³/mol. The van der Waals surface area contributed by atoms with Crippen LogP contribution >= 0.6 is 11.3 Å². The van der Waals surface area contributed by atoms with Gasteiger partial charge in [-0.1, -0.05) is 0 Å². The van der Waals surface area contributed by atoms with Crippen LogP contribution in [0.15, 0.2) is 5.38 Å². The average molecular weight is 283 g/mol. The molecule has 0 aliphatic carbocycles.